The van der Waals surface area contributed by atoms with Crippen LogP contribution in [0.1, 0.15) is 31.2 Å². The zero-order valence-corrected chi connectivity index (χ0v) is 10.5. The van der Waals surface area contributed by atoms with Crippen molar-refractivity contribution in [2.24, 2.45) is 5.41 Å². The molecule has 0 atom stereocenters. The number of aliphatic hydroxyl groups is 1. The van der Waals surface area contributed by atoms with E-state index in [9.17, 15) is 5.11 Å². The Bertz CT molecular complexity index is 331. The Morgan fingerprint density at radius 2 is 2.13 bits per heavy atom. The van der Waals surface area contributed by atoms with Gasteiger partial charge in [0, 0.05) is 11.1 Å². The van der Waals surface area contributed by atoms with E-state index in [0.29, 0.717) is 12.0 Å². The summed E-state index contributed by atoms with van der Waals surface area (Å²) in [5, 5.41) is 9.19. The lowest BCUT2D eigenvalue weighted by molar-refractivity contribution is 0.201. The van der Waals surface area contributed by atoms with Crippen molar-refractivity contribution in [3.8, 4) is 0 Å². The topological polar surface area (TPSA) is 20.2 Å². The van der Waals surface area contributed by atoms with Crippen molar-refractivity contribution in [3.05, 3.63) is 34.3 Å². The van der Waals surface area contributed by atoms with Crippen LogP contribution in [-0.4, -0.2) is 11.7 Å². The summed E-state index contributed by atoms with van der Waals surface area (Å²) in [6, 6.07) is 8.49. The SMILES string of the molecule is OCC1(CCCc2cccc(Br)c2)CC1. The molecule has 0 aromatic heterocycles. The predicted molar refractivity (Wildman–Crippen MR) is 65.8 cm³/mol. The van der Waals surface area contributed by atoms with Crippen molar-refractivity contribution in [3.63, 3.8) is 0 Å². The Morgan fingerprint density at radius 1 is 1.33 bits per heavy atom. The van der Waals surface area contributed by atoms with Gasteiger partial charge in [-0.3, -0.25) is 0 Å². The molecule has 2 heteroatoms. The Morgan fingerprint density at radius 3 is 2.73 bits per heavy atom. The van der Waals surface area contributed by atoms with E-state index in [2.05, 4.69) is 40.2 Å². The third kappa shape index (κ3) is 3.05. The maximum absolute atomic E-state index is 9.19. The van der Waals surface area contributed by atoms with Gasteiger partial charge in [-0.15, -0.1) is 0 Å². The van der Waals surface area contributed by atoms with Crippen molar-refractivity contribution < 1.29 is 5.11 Å². The third-order valence-corrected chi connectivity index (χ3v) is 3.85. The first-order valence-corrected chi connectivity index (χ1v) is 6.39. The molecule has 15 heavy (non-hydrogen) atoms. The van der Waals surface area contributed by atoms with E-state index >= 15 is 0 Å². The van der Waals surface area contributed by atoms with Crippen molar-refractivity contribution in [2.45, 2.75) is 32.1 Å². The predicted octanol–water partition coefficient (Wildman–Crippen LogP) is 3.54. The monoisotopic (exact) mass is 268 g/mol. The quantitative estimate of drug-likeness (QED) is 0.866. The minimum absolute atomic E-state index is 0.312. The van der Waals surface area contributed by atoms with Crippen LogP contribution >= 0.6 is 15.9 Å². The van der Waals surface area contributed by atoms with Gasteiger partial charge in [0.1, 0.15) is 0 Å². The third-order valence-electron chi connectivity index (χ3n) is 3.35. The normalized spacial score (nSPS) is 17.7. The first-order chi connectivity index (χ1) is 7.24. The summed E-state index contributed by atoms with van der Waals surface area (Å²) < 4.78 is 1.16. The van der Waals surface area contributed by atoms with Crippen LogP contribution in [0.3, 0.4) is 0 Å². The number of aliphatic hydroxyl groups excluding tert-OH is 1. The van der Waals surface area contributed by atoms with Crippen LogP contribution in [0, 0.1) is 5.41 Å². The molecule has 1 saturated carbocycles. The molecule has 1 fully saturated rings. The zero-order valence-electron chi connectivity index (χ0n) is 8.88. The fourth-order valence-corrected chi connectivity index (χ4v) is 2.47. The van der Waals surface area contributed by atoms with Gasteiger partial charge in [-0.1, -0.05) is 28.1 Å². The summed E-state index contributed by atoms with van der Waals surface area (Å²) in [4.78, 5) is 0. The first kappa shape index (κ1) is 11.2. The molecule has 1 nitrogen and oxygen atoms in total. The maximum atomic E-state index is 9.19. The van der Waals surface area contributed by atoms with E-state index in [1.165, 1.54) is 31.2 Å². The van der Waals surface area contributed by atoms with Gasteiger partial charge < -0.3 is 5.11 Å². The highest BCUT2D eigenvalue weighted by atomic mass is 79.9. The minimum atomic E-state index is 0.312. The lowest BCUT2D eigenvalue weighted by atomic mass is 9.98. The smallest absolute Gasteiger partial charge is 0.0487 e. The molecule has 2 rings (SSSR count). The molecule has 0 radical (unpaired) electrons. The lowest BCUT2D eigenvalue weighted by Gasteiger charge is -2.10. The maximum Gasteiger partial charge on any atom is 0.0487 e. The second-order valence-electron chi connectivity index (χ2n) is 4.64. The molecule has 1 aliphatic carbocycles. The standard InChI is InChI=1S/C13H17BrO/c14-12-5-1-3-11(9-12)4-2-6-13(10-15)7-8-13/h1,3,5,9,15H,2,4,6-8,10H2. The van der Waals surface area contributed by atoms with Crippen LogP contribution < -0.4 is 0 Å². The second-order valence-corrected chi connectivity index (χ2v) is 5.56. The molecular formula is C13H17BrO. The van der Waals surface area contributed by atoms with E-state index in [-0.39, 0.29) is 0 Å². The Balaban J connectivity index is 1.78. The lowest BCUT2D eigenvalue weighted by Crippen LogP contribution is -2.06. The molecule has 82 valence electrons. The van der Waals surface area contributed by atoms with Gasteiger partial charge in [0.05, 0.1) is 0 Å². The average molecular weight is 269 g/mol. The van der Waals surface area contributed by atoms with Gasteiger partial charge in [0.2, 0.25) is 0 Å². The van der Waals surface area contributed by atoms with Crippen LogP contribution in [-0.2, 0) is 6.42 Å². The van der Waals surface area contributed by atoms with E-state index < -0.39 is 0 Å². The number of benzene rings is 1. The molecule has 1 N–H and O–H groups in total. The van der Waals surface area contributed by atoms with Crippen molar-refractivity contribution in [1.82, 2.24) is 0 Å². The summed E-state index contributed by atoms with van der Waals surface area (Å²) in [7, 11) is 0. The number of hydrogen-bond acceptors (Lipinski definition) is 1. The first-order valence-electron chi connectivity index (χ1n) is 5.59. The van der Waals surface area contributed by atoms with Crippen LogP contribution in [0.4, 0.5) is 0 Å². The minimum Gasteiger partial charge on any atom is -0.396 e. The highest BCUT2D eigenvalue weighted by Crippen LogP contribution is 2.49. The average Bonchev–Trinajstić information content (AvgIpc) is 2.99. The fraction of sp³-hybridized carbons (Fsp3) is 0.538. The molecule has 0 unspecified atom stereocenters. The largest absolute Gasteiger partial charge is 0.396 e. The van der Waals surface area contributed by atoms with E-state index in [0.717, 1.165) is 10.9 Å². The van der Waals surface area contributed by atoms with Gasteiger partial charge in [-0.05, 0) is 55.2 Å². The van der Waals surface area contributed by atoms with Crippen molar-refractivity contribution >= 4 is 15.9 Å². The molecule has 0 spiro atoms. The summed E-state index contributed by atoms with van der Waals surface area (Å²) >= 11 is 3.48. The van der Waals surface area contributed by atoms with Crippen molar-refractivity contribution in [1.29, 1.82) is 0 Å². The number of aryl methyl sites for hydroxylation is 1. The number of halogens is 1. The Hall–Kier alpha value is -0.340. The van der Waals surface area contributed by atoms with Crippen LogP contribution in [0.15, 0.2) is 28.7 Å². The molecule has 0 amide bonds. The molecule has 0 bridgehead atoms. The summed E-state index contributed by atoms with van der Waals surface area (Å²) in [5.74, 6) is 0. The molecule has 0 saturated heterocycles. The van der Waals surface area contributed by atoms with Crippen LogP contribution in [0.5, 0.6) is 0 Å². The van der Waals surface area contributed by atoms with Gasteiger partial charge in [0.25, 0.3) is 0 Å². The Kier molecular flexibility index (Phi) is 3.47. The highest BCUT2D eigenvalue weighted by molar-refractivity contribution is 9.10. The molecule has 1 aromatic carbocycles. The summed E-state index contributed by atoms with van der Waals surface area (Å²) in [6.07, 6.45) is 5.94. The number of hydrogen-bond donors (Lipinski definition) is 1. The second kappa shape index (κ2) is 4.67. The van der Waals surface area contributed by atoms with Gasteiger partial charge >= 0.3 is 0 Å². The van der Waals surface area contributed by atoms with E-state index in [1.807, 2.05) is 0 Å². The van der Waals surface area contributed by atoms with Crippen LogP contribution in [0.25, 0.3) is 0 Å². The zero-order chi connectivity index (χ0) is 10.7. The fourth-order valence-electron chi connectivity index (χ4n) is 2.02. The van der Waals surface area contributed by atoms with Gasteiger partial charge in [-0.25, -0.2) is 0 Å². The van der Waals surface area contributed by atoms with Crippen molar-refractivity contribution in [2.75, 3.05) is 6.61 Å². The molecular weight excluding hydrogens is 252 g/mol. The van der Waals surface area contributed by atoms with E-state index in [4.69, 9.17) is 0 Å². The molecule has 0 heterocycles. The van der Waals surface area contributed by atoms with Gasteiger partial charge in [0.15, 0.2) is 0 Å². The molecule has 0 aliphatic heterocycles. The van der Waals surface area contributed by atoms with E-state index in [1.54, 1.807) is 0 Å². The summed E-state index contributed by atoms with van der Waals surface area (Å²) in [6.45, 7) is 0.380. The van der Waals surface area contributed by atoms with Crippen LogP contribution in [0.2, 0.25) is 0 Å². The highest BCUT2D eigenvalue weighted by Gasteiger charge is 2.40. The van der Waals surface area contributed by atoms with Gasteiger partial charge in [-0.2, -0.15) is 0 Å². The molecule has 1 aromatic rings. The summed E-state index contributed by atoms with van der Waals surface area (Å²) in [5.41, 5.74) is 1.70. The molecule has 1 aliphatic rings. The Labute approximate surface area is 99.6 Å². The number of rotatable bonds is 5.